The summed E-state index contributed by atoms with van der Waals surface area (Å²) < 4.78 is 5.10. The molecule has 0 saturated carbocycles. The molecule has 0 saturated heterocycles. The van der Waals surface area contributed by atoms with E-state index in [0.29, 0.717) is 0 Å². The predicted octanol–water partition coefficient (Wildman–Crippen LogP) is 6.55. The van der Waals surface area contributed by atoms with Gasteiger partial charge in [-0.05, 0) is 35.7 Å². The molecule has 0 amide bonds. The second kappa shape index (κ2) is 5.16. The van der Waals surface area contributed by atoms with Crippen molar-refractivity contribution >= 4 is 53.3 Å². The number of benzene rings is 3. The SMILES string of the molecule is c1ccc2c(c1)sc1c3ccccc3n(-c3ccc4cnccc4c3)c21. The topological polar surface area (TPSA) is 17.8 Å². The monoisotopic (exact) mass is 350 g/mol. The molecule has 0 fully saturated rings. The summed E-state index contributed by atoms with van der Waals surface area (Å²) in [7, 11) is 0. The van der Waals surface area contributed by atoms with Gasteiger partial charge in [-0.25, -0.2) is 0 Å². The molecule has 0 unspecified atom stereocenters. The minimum atomic E-state index is 1.17. The highest BCUT2D eigenvalue weighted by Gasteiger charge is 2.17. The fraction of sp³-hybridized carbons (Fsp3) is 0. The van der Waals surface area contributed by atoms with Crippen LogP contribution in [0.1, 0.15) is 0 Å². The maximum atomic E-state index is 4.23. The van der Waals surface area contributed by atoms with Crippen molar-refractivity contribution in [2.75, 3.05) is 0 Å². The van der Waals surface area contributed by atoms with E-state index in [9.17, 15) is 0 Å². The first-order chi connectivity index (χ1) is 12.9. The van der Waals surface area contributed by atoms with Crippen molar-refractivity contribution in [1.82, 2.24) is 9.55 Å². The second-order valence-corrected chi connectivity index (χ2v) is 7.59. The molecule has 3 aromatic heterocycles. The van der Waals surface area contributed by atoms with Crippen molar-refractivity contribution in [3.63, 3.8) is 0 Å². The Morgan fingerprint density at radius 1 is 0.769 bits per heavy atom. The molecule has 0 aliphatic carbocycles. The van der Waals surface area contributed by atoms with Gasteiger partial charge in [0.15, 0.2) is 0 Å². The Kier molecular flexibility index (Phi) is 2.79. The standard InChI is InChI=1S/C23H14N2S/c1-3-7-20-18(5-1)23-22(19-6-2-4-8-21(19)26-23)25(20)17-10-9-16-14-24-12-11-15(16)13-17/h1-14H. The van der Waals surface area contributed by atoms with Gasteiger partial charge in [0.25, 0.3) is 0 Å². The van der Waals surface area contributed by atoms with E-state index in [1.807, 2.05) is 23.7 Å². The lowest BCUT2D eigenvalue weighted by atomic mass is 10.1. The minimum absolute atomic E-state index is 1.17. The number of aromatic nitrogens is 2. The number of rotatable bonds is 1. The fourth-order valence-corrected chi connectivity index (χ4v) is 5.12. The average molecular weight is 350 g/mol. The number of pyridine rings is 1. The highest BCUT2D eigenvalue weighted by molar-refractivity contribution is 7.26. The summed E-state index contributed by atoms with van der Waals surface area (Å²) in [6.07, 6.45) is 3.78. The largest absolute Gasteiger partial charge is 0.308 e. The minimum Gasteiger partial charge on any atom is -0.308 e. The molecule has 0 radical (unpaired) electrons. The van der Waals surface area contributed by atoms with Crippen LogP contribution in [0, 0.1) is 0 Å². The summed E-state index contributed by atoms with van der Waals surface area (Å²) in [5.41, 5.74) is 3.76. The lowest BCUT2D eigenvalue weighted by Gasteiger charge is -2.09. The first-order valence-corrected chi connectivity index (χ1v) is 9.47. The van der Waals surface area contributed by atoms with Crippen LogP contribution in [0.5, 0.6) is 0 Å². The van der Waals surface area contributed by atoms with Crippen LogP contribution in [0.4, 0.5) is 0 Å². The third-order valence-corrected chi connectivity index (χ3v) is 6.26. The Hall–Kier alpha value is -3.17. The smallest absolute Gasteiger partial charge is 0.0727 e. The first kappa shape index (κ1) is 14.0. The van der Waals surface area contributed by atoms with E-state index in [-0.39, 0.29) is 0 Å². The highest BCUT2D eigenvalue weighted by Crippen LogP contribution is 2.42. The van der Waals surface area contributed by atoms with Crippen LogP contribution in [0.15, 0.2) is 85.2 Å². The van der Waals surface area contributed by atoms with E-state index in [1.165, 1.54) is 47.7 Å². The van der Waals surface area contributed by atoms with Crippen LogP contribution < -0.4 is 0 Å². The van der Waals surface area contributed by atoms with Crippen molar-refractivity contribution in [3.8, 4) is 5.69 Å². The zero-order chi connectivity index (χ0) is 17.1. The van der Waals surface area contributed by atoms with Crippen molar-refractivity contribution in [2.45, 2.75) is 0 Å². The zero-order valence-corrected chi connectivity index (χ0v) is 14.7. The molecule has 0 spiro atoms. The molecule has 6 rings (SSSR count). The Labute approximate surface area is 153 Å². The zero-order valence-electron chi connectivity index (χ0n) is 13.9. The lowest BCUT2D eigenvalue weighted by molar-refractivity contribution is 1.19. The summed E-state index contributed by atoms with van der Waals surface area (Å²) >= 11 is 1.88. The quantitative estimate of drug-likeness (QED) is 0.329. The third-order valence-electron chi connectivity index (χ3n) is 5.06. The molecular weight excluding hydrogens is 336 g/mol. The van der Waals surface area contributed by atoms with Gasteiger partial charge in [0.05, 0.1) is 15.7 Å². The molecule has 0 bridgehead atoms. The van der Waals surface area contributed by atoms with Gasteiger partial charge in [0, 0.05) is 38.9 Å². The Bertz CT molecular complexity index is 1430. The first-order valence-electron chi connectivity index (χ1n) is 8.65. The van der Waals surface area contributed by atoms with Crippen LogP contribution in [0.3, 0.4) is 0 Å². The Morgan fingerprint density at radius 3 is 2.58 bits per heavy atom. The van der Waals surface area contributed by atoms with Crippen LogP contribution in [-0.2, 0) is 0 Å². The van der Waals surface area contributed by atoms with Crippen LogP contribution in [-0.4, -0.2) is 9.55 Å². The van der Waals surface area contributed by atoms with Crippen molar-refractivity contribution in [1.29, 1.82) is 0 Å². The van der Waals surface area contributed by atoms with Gasteiger partial charge in [-0.2, -0.15) is 0 Å². The van der Waals surface area contributed by atoms with E-state index in [2.05, 4.69) is 82.3 Å². The van der Waals surface area contributed by atoms with Crippen LogP contribution in [0.25, 0.3) is 47.7 Å². The van der Waals surface area contributed by atoms with E-state index in [1.54, 1.807) is 0 Å². The van der Waals surface area contributed by atoms with Gasteiger partial charge in [-0.15, -0.1) is 11.3 Å². The number of fused-ring (bicyclic) bond motifs is 6. The Morgan fingerprint density at radius 2 is 1.62 bits per heavy atom. The molecule has 2 nitrogen and oxygen atoms in total. The van der Waals surface area contributed by atoms with Gasteiger partial charge in [-0.1, -0.05) is 42.5 Å². The number of hydrogen-bond donors (Lipinski definition) is 0. The number of hydrogen-bond acceptors (Lipinski definition) is 2. The van der Waals surface area contributed by atoms with Gasteiger partial charge in [0.2, 0.25) is 0 Å². The molecule has 26 heavy (non-hydrogen) atoms. The normalized spacial score (nSPS) is 11.8. The number of thiophene rings is 1. The third kappa shape index (κ3) is 1.83. The lowest BCUT2D eigenvalue weighted by Crippen LogP contribution is -1.93. The van der Waals surface area contributed by atoms with Crippen molar-refractivity contribution < 1.29 is 0 Å². The summed E-state index contributed by atoms with van der Waals surface area (Å²) in [6, 6.07) is 26.1. The number of nitrogens with zero attached hydrogens (tertiary/aromatic N) is 2. The summed E-state index contributed by atoms with van der Waals surface area (Å²) in [5.74, 6) is 0. The fourth-order valence-electron chi connectivity index (χ4n) is 3.90. The highest BCUT2D eigenvalue weighted by atomic mass is 32.1. The summed E-state index contributed by atoms with van der Waals surface area (Å²) in [6.45, 7) is 0. The van der Waals surface area contributed by atoms with Gasteiger partial charge in [-0.3, -0.25) is 4.98 Å². The maximum Gasteiger partial charge on any atom is 0.0727 e. The number of para-hydroxylation sites is 1. The summed E-state index contributed by atoms with van der Waals surface area (Å²) in [4.78, 5) is 4.23. The van der Waals surface area contributed by atoms with Gasteiger partial charge < -0.3 is 4.57 Å². The molecule has 3 heteroatoms. The molecule has 3 heterocycles. The molecule has 6 aromatic rings. The van der Waals surface area contributed by atoms with Crippen LogP contribution in [0.2, 0.25) is 0 Å². The Balaban J connectivity index is 1.82. The summed E-state index contributed by atoms with van der Waals surface area (Å²) in [5, 5.41) is 5.01. The molecular formula is C23H14N2S. The van der Waals surface area contributed by atoms with E-state index < -0.39 is 0 Å². The van der Waals surface area contributed by atoms with Crippen molar-refractivity contribution in [3.05, 3.63) is 85.2 Å². The van der Waals surface area contributed by atoms with Crippen molar-refractivity contribution in [2.24, 2.45) is 0 Å². The second-order valence-electron chi connectivity index (χ2n) is 6.54. The molecule has 0 atom stereocenters. The van der Waals surface area contributed by atoms with Crippen LogP contribution >= 0.6 is 11.3 Å². The maximum absolute atomic E-state index is 4.23. The molecule has 122 valence electrons. The predicted molar refractivity (Wildman–Crippen MR) is 111 cm³/mol. The molecule has 0 aliphatic rings. The van der Waals surface area contributed by atoms with Gasteiger partial charge >= 0.3 is 0 Å². The average Bonchev–Trinajstić information content (AvgIpc) is 3.22. The molecule has 0 aliphatic heterocycles. The molecule has 0 N–H and O–H groups in total. The van der Waals surface area contributed by atoms with Gasteiger partial charge in [0.1, 0.15) is 0 Å². The van der Waals surface area contributed by atoms with E-state index in [4.69, 9.17) is 0 Å². The van der Waals surface area contributed by atoms with E-state index >= 15 is 0 Å². The molecule has 3 aromatic carbocycles. The van der Waals surface area contributed by atoms with E-state index in [0.717, 1.165) is 0 Å².